The first-order valence-electron chi connectivity index (χ1n) is 7.96. The maximum Gasteiger partial charge on any atom is 0.125 e. The Labute approximate surface area is 121 Å². The van der Waals surface area contributed by atoms with Crippen molar-refractivity contribution in [2.45, 2.75) is 45.1 Å². The lowest BCUT2D eigenvalue weighted by molar-refractivity contribution is 0.231. The zero-order chi connectivity index (χ0) is 14.1. The van der Waals surface area contributed by atoms with Crippen LogP contribution in [0.4, 0.5) is 10.1 Å². The number of hydrogen-bond donors (Lipinski definition) is 1. The number of rotatable bonds is 3. The molecule has 3 unspecified atom stereocenters. The van der Waals surface area contributed by atoms with E-state index >= 15 is 0 Å². The van der Waals surface area contributed by atoms with Crippen LogP contribution in [0.5, 0.6) is 0 Å². The van der Waals surface area contributed by atoms with Crippen LogP contribution in [-0.2, 0) is 6.42 Å². The fourth-order valence-electron chi connectivity index (χ4n) is 3.86. The van der Waals surface area contributed by atoms with E-state index in [1.807, 2.05) is 6.07 Å². The summed E-state index contributed by atoms with van der Waals surface area (Å²) < 4.78 is 13.5. The second-order valence-electron chi connectivity index (χ2n) is 6.48. The summed E-state index contributed by atoms with van der Waals surface area (Å²) in [6.45, 7) is 4.28. The molecule has 1 aromatic rings. The van der Waals surface area contributed by atoms with Crippen molar-refractivity contribution in [2.24, 2.45) is 17.6 Å². The molecule has 2 N–H and O–H groups in total. The first kappa shape index (κ1) is 13.9. The van der Waals surface area contributed by atoms with Gasteiger partial charge in [0.15, 0.2) is 0 Å². The molecule has 1 heterocycles. The minimum atomic E-state index is -0.130. The highest BCUT2D eigenvalue weighted by molar-refractivity contribution is 5.58. The number of nitrogens with zero attached hydrogens (tertiary/aromatic N) is 1. The van der Waals surface area contributed by atoms with Gasteiger partial charge in [-0.1, -0.05) is 19.4 Å². The number of benzene rings is 1. The van der Waals surface area contributed by atoms with Gasteiger partial charge in [-0.05, 0) is 55.2 Å². The Hall–Kier alpha value is -1.09. The standard InChI is InChI=1S/C17H25FN2/c1-2-12-3-6-16(19)14(9-12)11-20-8-7-13-4-5-15(18)10-17(13)20/h4-5,10,12,14,16H,2-3,6-9,11,19H2,1H3. The van der Waals surface area contributed by atoms with Crippen LogP contribution in [0.2, 0.25) is 0 Å². The highest BCUT2D eigenvalue weighted by Crippen LogP contribution is 2.34. The molecule has 110 valence electrons. The molecule has 3 rings (SSSR count). The van der Waals surface area contributed by atoms with E-state index in [0.29, 0.717) is 12.0 Å². The van der Waals surface area contributed by atoms with Crippen molar-refractivity contribution >= 4 is 5.69 Å². The largest absolute Gasteiger partial charge is 0.371 e. The van der Waals surface area contributed by atoms with E-state index in [0.717, 1.165) is 37.5 Å². The fraction of sp³-hybridized carbons (Fsp3) is 0.647. The maximum absolute atomic E-state index is 13.5. The second-order valence-corrected chi connectivity index (χ2v) is 6.48. The van der Waals surface area contributed by atoms with E-state index in [4.69, 9.17) is 5.73 Å². The number of fused-ring (bicyclic) bond motifs is 1. The Morgan fingerprint density at radius 1 is 1.35 bits per heavy atom. The third-order valence-electron chi connectivity index (χ3n) is 5.22. The first-order chi connectivity index (χ1) is 9.67. The molecule has 2 nitrogen and oxygen atoms in total. The molecule has 0 saturated heterocycles. The summed E-state index contributed by atoms with van der Waals surface area (Å²) in [4.78, 5) is 2.35. The molecule has 0 spiro atoms. The molecular formula is C17H25FN2. The maximum atomic E-state index is 13.5. The third-order valence-corrected chi connectivity index (χ3v) is 5.22. The summed E-state index contributed by atoms with van der Waals surface area (Å²) >= 11 is 0. The summed E-state index contributed by atoms with van der Waals surface area (Å²) in [5, 5.41) is 0. The zero-order valence-corrected chi connectivity index (χ0v) is 12.3. The van der Waals surface area contributed by atoms with E-state index in [1.165, 1.54) is 24.8 Å². The second kappa shape index (κ2) is 5.72. The molecule has 0 aromatic heterocycles. The predicted molar refractivity (Wildman–Crippen MR) is 81.4 cm³/mol. The molecule has 3 atom stereocenters. The molecule has 2 aliphatic rings. The molecule has 1 aliphatic heterocycles. The van der Waals surface area contributed by atoms with Crippen molar-refractivity contribution < 1.29 is 4.39 Å². The van der Waals surface area contributed by atoms with E-state index in [2.05, 4.69) is 11.8 Å². The minimum Gasteiger partial charge on any atom is -0.371 e. The molecule has 1 aromatic carbocycles. The first-order valence-corrected chi connectivity index (χ1v) is 7.96. The van der Waals surface area contributed by atoms with Gasteiger partial charge in [-0.2, -0.15) is 0 Å². The quantitative estimate of drug-likeness (QED) is 0.917. The minimum absolute atomic E-state index is 0.130. The number of halogens is 1. The monoisotopic (exact) mass is 276 g/mol. The van der Waals surface area contributed by atoms with Gasteiger partial charge in [0.2, 0.25) is 0 Å². The molecule has 0 radical (unpaired) electrons. The van der Waals surface area contributed by atoms with Crippen LogP contribution in [0.25, 0.3) is 0 Å². The van der Waals surface area contributed by atoms with Crippen LogP contribution >= 0.6 is 0 Å². The molecule has 3 heteroatoms. The summed E-state index contributed by atoms with van der Waals surface area (Å²) in [6, 6.07) is 5.51. The molecule has 1 aliphatic carbocycles. The van der Waals surface area contributed by atoms with Crippen LogP contribution in [0, 0.1) is 17.7 Å². The lowest BCUT2D eigenvalue weighted by Gasteiger charge is -2.36. The van der Waals surface area contributed by atoms with Crippen molar-refractivity contribution in [1.29, 1.82) is 0 Å². The van der Waals surface area contributed by atoms with Gasteiger partial charge in [-0.15, -0.1) is 0 Å². The summed E-state index contributed by atoms with van der Waals surface area (Å²) in [5.74, 6) is 1.26. The van der Waals surface area contributed by atoms with Gasteiger partial charge >= 0.3 is 0 Å². The molecule has 1 fully saturated rings. The molecule has 0 amide bonds. The van der Waals surface area contributed by atoms with E-state index in [-0.39, 0.29) is 5.82 Å². The lowest BCUT2D eigenvalue weighted by atomic mass is 9.77. The van der Waals surface area contributed by atoms with Crippen LogP contribution < -0.4 is 10.6 Å². The Balaban J connectivity index is 1.71. The Morgan fingerprint density at radius 3 is 3.00 bits per heavy atom. The molecule has 0 bridgehead atoms. The fourth-order valence-corrected chi connectivity index (χ4v) is 3.86. The number of nitrogens with two attached hydrogens (primary N) is 1. The molecular weight excluding hydrogens is 251 g/mol. The van der Waals surface area contributed by atoms with Gasteiger partial charge in [-0.3, -0.25) is 0 Å². The smallest absolute Gasteiger partial charge is 0.125 e. The summed E-state index contributed by atoms with van der Waals surface area (Å²) in [6.07, 6.45) is 5.95. The number of anilines is 1. The normalized spacial score (nSPS) is 29.6. The van der Waals surface area contributed by atoms with Crippen LogP contribution in [0.3, 0.4) is 0 Å². The zero-order valence-electron chi connectivity index (χ0n) is 12.3. The van der Waals surface area contributed by atoms with Crippen LogP contribution in [0.15, 0.2) is 18.2 Å². The van der Waals surface area contributed by atoms with Crippen molar-refractivity contribution in [3.63, 3.8) is 0 Å². The Bertz CT molecular complexity index is 474. The van der Waals surface area contributed by atoms with Crippen LogP contribution in [-0.4, -0.2) is 19.1 Å². The van der Waals surface area contributed by atoms with Gasteiger partial charge in [0.25, 0.3) is 0 Å². The average Bonchev–Trinajstić information content (AvgIpc) is 2.84. The Morgan fingerprint density at radius 2 is 2.20 bits per heavy atom. The van der Waals surface area contributed by atoms with Crippen molar-refractivity contribution in [3.05, 3.63) is 29.6 Å². The van der Waals surface area contributed by atoms with E-state index in [9.17, 15) is 4.39 Å². The SMILES string of the molecule is CCC1CCC(N)C(CN2CCc3ccc(F)cc32)C1. The summed E-state index contributed by atoms with van der Waals surface area (Å²) in [5.41, 5.74) is 8.70. The van der Waals surface area contributed by atoms with E-state index in [1.54, 1.807) is 12.1 Å². The van der Waals surface area contributed by atoms with Crippen molar-refractivity contribution in [3.8, 4) is 0 Å². The van der Waals surface area contributed by atoms with Crippen molar-refractivity contribution in [2.75, 3.05) is 18.0 Å². The molecule has 20 heavy (non-hydrogen) atoms. The lowest BCUT2D eigenvalue weighted by Crippen LogP contribution is -2.42. The van der Waals surface area contributed by atoms with Gasteiger partial charge in [0.1, 0.15) is 5.82 Å². The van der Waals surface area contributed by atoms with E-state index < -0.39 is 0 Å². The predicted octanol–water partition coefficient (Wildman–Crippen LogP) is 3.34. The van der Waals surface area contributed by atoms with Gasteiger partial charge < -0.3 is 10.6 Å². The van der Waals surface area contributed by atoms with Crippen molar-refractivity contribution in [1.82, 2.24) is 0 Å². The average molecular weight is 276 g/mol. The Kier molecular flexibility index (Phi) is 3.97. The van der Waals surface area contributed by atoms with Gasteiger partial charge in [-0.25, -0.2) is 4.39 Å². The van der Waals surface area contributed by atoms with Gasteiger partial charge in [0.05, 0.1) is 0 Å². The van der Waals surface area contributed by atoms with Crippen LogP contribution in [0.1, 0.15) is 38.2 Å². The third kappa shape index (κ3) is 2.69. The highest BCUT2D eigenvalue weighted by atomic mass is 19.1. The topological polar surface area (TPSA) is 29.3 Å². The molecule has 1 saturated carbocycles. The number of hydrogen-bond acceptors (Lipinski definition) is 2. The highest BCUT2D eigenvalue weighted by Gasteiger charge is 2.30. The summed E-state index contributed by atoms with van der Waals surface area (Å²) in [7, 11) is 0. The van der Waals surface area contributed by atoms with Gasteiger partial charge in [0, 0.05) is 24.8 Å².